The van der Waals surface area contributed by atoms with E-state index in [4.69, 9.17) is 5.73 Å². The standard InChI is InChI=1S/C19H31N3O2/c1-2-3-4-5-6-7-8-9-10-14-17(21-22-19(20)24)16-13-11-12-15-18(16)23/h11-13,15,23H,2-10,14H2,1H3,(H3,20,22,24). The van der Waals surface area contributed by atoms with E-state index in [0.29, 0.717) is 17.7 Å². The van der Waals surface area contributed by atoms with Gasteiger partial charge in [0.05, 0.1) is 5.71 Å². The van der Waals surface area contributed by atoms with Gasteiger partial charge in [-0.25, -0.2) is 10.2 Å². The number of nitrogens with one attached hydrogen (secondary N) is 1. The summed E-state index contributed by atoms with van der Waals surface area (Å²) in [6.45, 7) is 2.23. The van der Waals surface area contributed by atoms with Crippen LogP contribution in [0.15, 0.2) is 29.4 Å². The number of carbonyl (C=O) groups is 1. The summed E-state index contributed by atoms with van der Waals surface area (Å²) in [6.07, 6.45) is 11.9. The number of hydrogen-bond acceptors (Lipinski definition) is 3. The Labute approximate surface area is 145 Å². The van der Waals surface area contributed by atoms with Crippen LogP contribution in [0.25, 0.3) is 0 Å². The minimum Gasteiger partial charge on any atom is -0.507 e. The lowest BCUT2D eigenvalue weighted by atomic mass is 10.0. The number of nitrogens with zero attached hydrogens (tertiary/aromatic N) is 1. The second kappa shape index (κ2) is 12.4. The molecule has 0 saturated carbocycles. The van der Waals surface area contributed by atoms with Crippen molar-refractivity contribution >= 4 is 11.7 Å². The second-order valence-corrected chi connectivity index (χ2v) is 6.13. The number of nitrogens with two attached hydrogens (primary N) is 1. The monoisotopic (exact) mass is 333 g/mol. The third kappa shape index (κ3) is 8.56. The van der Waals surface area contributed by atoms with Gasteiger partial charge < -0.3 is 10.8 Å². The molecule has 0 atom stereocenters. The molecular weight excluding hydrogens is 302 g/mol. The molecule has 0 fully saturated rings. The minimum atomic E-state index is -0.699. The maximum absolute atomic E-state index is 10.9. The van der Waals surface area contributed by atoms with Gasteiger partial charge in [0.25, 0.3) is 0 Å². The van der Waals surface area contributed by atoms with Crippen LogP contribution in [0.2, 0.25) is 0 Å². The molecular formula is C19H31N3O2. The molecule has 0 aromatic heterocycles. The predicted octanol–water partition coefficient (Wildman–Crippen LogP) is 4.69. The second-order valence-electron chi connectivity index (χ2n) is 6.13. The van der Waals surface area contributed by atoms with Crippen LogP contribution >= 0.6 is 0 Å². The number of primary amides is 1. The maximum Gasteiger partial charge on any atom is 0.332 e. The number of carbonyl (C=O) groups excluding carboxylic acids is 1. The summed E-state index contributed by atoms with van der Waals surface area (Å²) in [6, 6.07) is 6.31. The van der Waals surface area contributed by atoms with Crippen molar-refractivity contribution in [2.24, 2.45) is 10.8 Å². The number of hydrogen-bond donors (Lipinski definition) is 3. The van der Waals surface area contributed by atoms with Crippen LogP contribution in [-0.2, 0) is 0 Å². The first-order valence-electron chi connectivity index (χ1n) is 9.05. The molecule has 0 aliphatic rings. The molecule has 0 bridgehead atoms. The van der Waals surface area contributed by atoms with E-state index in [-0.39, 0.29) is 5.75 Å². The molecule has 0 saturated heterocycles. The van der Waals surface area contributed by atoms with E-state index < -0.39 is 6.03 Å². The molecule has 1 rings (SSSR count). The van der Waals surface area contributed by atoms with Crippen molar-refractivity contribution in [3.05, 3.63) is 29.8 Å². The van der Waals surface area contributed by atoms with Gasteiger partial charge in [0.1, 0.15) is 5.75 Å². The van der Waals surface area contributed by atoms with Crippen LogP contribution in [-0.4, -0.2) is 16.8 Å². The molecule has 2 amide bonds. The van der Waals surface area contributed by atoms with Gasteiger partial charge in [-0.15, -0.1) is 0 Å². The largest absolute Gasteiger partial charge is 0.507 e. The Bertz CT molecular complexity index is 515. The van der Waals surface area contributed by atoms with Gasteiger partial charge in [-0.1, -0.05) is 70.4 Å². The highest BCUT2D eigenvalue weighted by molar-refractivity contribution is 6.03. The van der Waals surface area contributed by atoms with Crippen LogP contribution in [0.3, 0.4) is 0 Å². The van der Waals surface area contributed by atoms with Gasteiger partial charge >= 0.3 is 6.03 Å². The summed E-state index contributed by atoms with van der Waals surface area (Å²) < 4.78 is 0. The van der Waals surface area contributed by atoms with Gasteiger partial charge in [-0.05, 0) is 25.0 Å². The van der Waals surface area contributed by atoms with Crippen molar-refractivity contribution in [1.29, 1.82) is 0 Å². The lowest BCUT2D eigenvalue weighted by molar-refractivity contribution is 0.249. The summed E-state index contributed by atoms with van der Waals surface area (Å²) >= 11 is 0. The van der Waals surface area contributed by atoms with Gasteiger partial charge in [0.2, 0.25) is 0 Å². The van der Waals surface area contributed by atoms with Gasteiger partial charge in [-0.3, -0.25) is 0 Å². The lowest BCUT2D eigenvalue weighted by Crippen LogP contribution is -2.26. The van der Waals surface area contributed by atoms with Crippen molar-refractivity contribution in [2.75, 3.05) is 0 Å². The Hall–Kier alpha value is -2.04. The number of phenols is 1. The number of rotatable bonds is 12. The number of hydrazone groups is 1. The van der Waals surface area contributed by atoms with Gasteiger partial charge in [0.15, 0.2) is 0 Å². The smallest absolute Gasteiger partial charge is 0.332 e. The van der Waals surface area contributed by atoms with E-state index in [0.717, 1.165) is 12.8 Å². The number of benzene rings is 1. The highest BCUT2D eigenvalue weighted by Crippen LogP contribution is 2.20. The third-order valence-corrected chi connectivity index (χ3v) is 4.03. The molecule has 5 heteroatoms. The van der Waals surface area contributed by atoms with Crippen LogP contribution in [0.5, 0.6) is 5.75 Å². The average Bonchev–Trinajstić information content (AvgIpc) is 2.56. The highest BCUT2D eigenvalue weighted by Gasteiger charge is 2.09. The SMILES string of the molecule is CCCCCCCCCCCC(=NNC(N)=O)c1ccccc1O. The number of amides is 2. The van der Waals surface area contributed by atoms with E-state index >= 15 is 0 Å². The molecule has 0 radical (unpaired) electrons. The van der Waals surface area contributed by atoms with Crippen molar-refractivity contribution in [3.63, 3.8) is 0 Å². The Balaban J connectivity index is 2.37. The molecule has 1 aromatic rings. The topological polar surface area (TPSA) is 87.7 Å². The van der Waals surface area contributed by atoms with E-state index in [1.165, 1.54) is 44.9 Å². The molecule has 1 aromatic carbocycles. The summed E-state index contributed by atoms with van der Waals surface area (Å²) in [4.78, 5) is 10.9. The molecule has 4 N–H and O–H groups in total. The third-order valence-electron chi connectivity index (χ3n) is 4.03. The van der Waals surface area contributed by atoms with Crippen LogP contribution < -0.4 is 11.2 Å². The summed E-state index contributed by atoms with van der Waals surface area (Å²) in [5.74, 6) is 0.165. The van der Waals surface area contributed by atoms with E-state index in [2.05, 4.69) is 17.5 Å². The summed E-state index contributed by atoms with van der Waals surface area (Å²) in [7, 11) is 0. The number of para-hydroxylation sites is 1. The maximum atomic E-state index is 10.9. The molecule has 0 aliphatic carbocycles. The zero-order chi connectivity index (χ0) is 17.6. The lowest BCUT2D eigenvalue weighted by Gasteiger charge is -2.09. The zero-order valence-electron chi connectivity index (χ0n) is 14.8. The molecule has 24 heavy (non-hydrogen) atoms. The van der Waals surface area contributed by atoms with E-state index in [9.17, 15) is 9.90 Å². The van der Waals surface area contributed by atoms with Crippen LogP contribution in [0.1, 0.15) is 76.7 Å². The van der Waals surface area contributed by atoms with Crippen molar-refractivity contribution in [1.82, 2.24) is 5.43 Å². The number of phenolic OH excluding ortho intramolecular Hbond substituents is 1. The minimum absolute atomic E-state index is 0.165. The normalized spacial score (nSPS) is 11.5. The van der Waals surface area contributed by atoms with Crippen molar-refractivity contribution in [2.45, 2.75) is 71.1 Å². The van der Waals surface area contributed by atoms with Gasteiger partial charge in [-0.2, -0.15) is 5.10 Å². The van der Waals surface area contributed by atoms with Gasteiger partial charge in [0, 0.05) is 5.56 Å². The summed E-state index contributed by atoms with van der Waals surface area (Å²) in [5, 5.41) is 14.0. The fourth-order valence-electron chi connectivity index (χ4n) is 2.69. The molecule has 5 nitrogen and oxygen atoms in total. The number of aromatic hydroxyl groups is 1. The fourth-order valence-corrected chi connectivity index (χ4v) is 2.69. The van der Waals surface area contributed by atoms with Crippen molar-refractivity contribution < 1.29 is 9.90 Å². The Morgan fingerprint density at radius 1 is 1.04 bits per heavy atom. The first-order valence-corrected chi connectivity index (χ1v) is 9.05. The molecule has 0 spiro atoms. The Morgan fingerprint density at radius 2 is 1.62 bits per heavy atom. The molecule has 0 unspecified atom stereocenters. The van der Waals surface area contributed by atoms with Crippen LogP contribution in [0.4, 0.5) is 4.79 Å². The predicted molar refractivity (Wildman–Crippen MR) is 99.2 cm³/mol. The first-order chi connectivity index (χ1) is 11.6. The molecule has 134 valence electrons. The zero-order valence-corrected chi connectivity index (χ0v) is 14.8. The first kappa shape index (κ1) is 20.0. The number of urea groups is 1. The average molecular weight is 333 g/mol. The Kier molecular flexibility index (Phi) is 10.3. The Morgan fingerprint density at radius 3 is 2.21 bits per heavy atom. The fraction of sp³-hybridized carbons (Fsp3) is 0.579. The van der Waals surface area contributed by atoms with E-state index in [1.807, 2.05) is 6.07 Å². The number of unbranched alkanes of at least 4 members (excludes halogenated alkanes) is 8. The van der Waals surface area contributed by atoms with Crippen LogP contribution in [0, 0.1) is 0 Å². The van der Waals surface area contributed by atoms with E-state index in [1.54, 1.807) is 18.2 Å². The quantitative estimate of drug-likeness (QED) is 0.294. The van der Waals surface area contributed by atoms with Crippen molar-refractivity contribution in [3.8, 4) is 5.75 Å². The molecule has 0 aliphatic heterocycles. The highest BCUT2D eigenvalue weighted by atomic mass is 16.3. The summed E-state index contributed by atoms with van der Waals surface area (Å²) in [5.41, 5.74) is 8.66. The molecule has 0 heterocycles.